The molecule has 0 aliphatic heterocycles. The lowest BCUT2D eigenvalue weighted by Crippen LogP contribution is -2.07. The predicted molar refractivity (Wildman–Crippen MR) is 55.4 cm³/mol. The maximum Gasteiger partial charge on any atom is 0.337 e. The highest BCUT2D eigenvalue weighted by atomic mass is 32.1. The van der Waals surface area contributed by atoms with Crippen molar-refractivity contribution >= 4 is 23.2 Å². The second-order valence-electron chi connectivity index (χ2n) is 2.90. The van der Waals surface area contributed by atoms with Crippen LogP contribution in [0.25, 0.3) is 0 Å². The number of aromatic carboxylic acids is 1. The van der Waals surface area contributed by atoms with E-state index < -0.39 is 5.97 Å². The van der Waals surface area contributed by atoms with E-state index in [1.54, 1.807) is 17.5 Å². The molecule has 0 saturated carbocycles. The Labute approximate surface area is 89.4 Å². The molecule has 0 radical (unpaired) electrons. The summed E-state index contributed by atoms with van der Waals surface area (Å²) in [5, 5.41) is 10.5. The van der Waals surface area contributed by atoms with Crippen LogP contribution in [0.4, 0.5) is 0 Å². The number of nitrogens with zero attached hydrogens (tertiary/aromatic N) is 1. The molecule has 4 nitrogen and oxygen atoms in total. The summed E-state index contributed by atoms with van der Waals surface area (Å²) in [4.78, 5) is 22.9. The Bertz CT molecular complexity index is 498. The van der Waals surface area contributed by atoms with E-state index in [2.05, 4.69) is 0 Å². The Morgan fingerprint density at radius 2 is 2.13 bits per heavy atom. The summed E-state index contributed by atoms with van der Waals surface area (Å²) in [7, 11) is 0. The molecule has 0 aliphatic rings. The number of thiophene rings is 1. The van der Waals surface area contributed by atoms with E-state index in [-0.39, 0.29) is 11.5 Å². The minimum Gasteiger partial charge on any atom is -0.478 e. The summed E-state index contributed by atoms with van der Waals surface area (Å²) in [5.41, 5.74) is 0.111. The molecule has 5 heteroatoms. The van der Waals surface area contributed by atoms with Crippen LogP contribution in [0.5, 0.6) is 0 Å². The molecule has 0 atom stereocenters. The van der Waals surface area contributed by atoms with E-state index in [0.29, 0.717) is 4.88 Å². The van der Waals surface area contributed by atoms with E-state index >= 15 is 0 Å². The third-order valence-corrected chi connectivity index (χ3v) is 2.76. The first-order valence-electron chi connectivity index (χ1n) is 4.18. The van der Waals surface area contributed by atoms with Crippen molar-refractivity contribution in [2.75, 3.05) is 0 Å². The van der Waals surface area contributed by atoms with E-state index in [0.717, 1.165) is 0 Å². The van der Waals surface area contributed by atoms with Gasteiger partial charge in [-0.05, 0) is 17.5 Å². The first-order valence-corrected chi connectivity index (χ1v) is 5.06. The normalized spacial score (nSPS) is 10.1. The average molecular weight is 221 g/mol. The third-order valence-electron chi connectivity index (χ3n) is 1.91. The summed E-state index contributed by atoms with van der Waals surface area (Å²) in [6.07, 6.45) is 2.76. The van der Waals surface area contributed by atoms with Gasteiger partial charge in [-0.3, -0.25) is 9.36 Å². The summed E-state index contributed by atoms with van der Waals surface area (Å²) in [5.74, 6) is -1.25. The first kappa shape index (κ1) is 9.67. The molecule has 2 rings (SSSR count). The second-order valence-corrected chi connectivity index (χ2v) is 3.84. The molecule has 76 valence electrons. The smallest absolute Gasteiger partial charge is 0.337 e. The van der Waals surface area contributed by atoms with Gasteiger partial charge in [0, 0.05) is 12.4 Å². The van der Waals surface area contributed by atoms with Crippen LogP contribution < -0.4 is 0 Å². The van der Waals surface area contributed by atoms with Crippen LogP contribution in [0.3, 0.4) is 0 Å². The van der Waals surface area contributed by atoms with Crippen molar-refractivity contribution in [3.8, 4) is 0 Å². The van der Waals surface area contributed by atoms with Crippen molar-refractivity contribution in [3.05, 3.63) is 46.4 Å². The molecule has 2 aromatic rings. The molecule has 0 amide bonds. The van der Waals surface area contributed by atoms with Crippen molar-refractivity contribution in [1.82, 2.24) is 4.57 Å². The Balaban J connectivity index is 2.31. The van der Waals surface area contributed by atoms with Gasteiger partial charge in [0.25, 0.3) is 5.91 Å². The lowest BCUT2D eigenvalue weighted by molar-refractivity contribution is 0.0697. The minimum atomic E-state index is -1.03. The minimum absolute atomic E-state index is 0.111. The van der Waals surface area contributed by atoms with Crippen molar-refractivity contribution in [1.29, 1.82) is 0 Å². The maximum atomic E-state index is 11.7. The molecule has 0 unspecified atom stereocenters. The van der Waals surface area contributed by atoms with Gasteiger partial charge in [0.2, 0.25) is 0 Å². The molecule has 0 aliphatic carbocycles. The number of hydrogen-bond acceptors (Lipinski definition) is 3. The maximum absolute atomic E-state index is 11.7. The van der Waals surface area contributed by atoms with E-state index in [4.69, 9.17) is 5.11 Å². The van der Waals surface area contributed by atoms with Gasteiger partial charge in [-0.15, -0.1) is 11.3 Å². The summed E-state index contributed by atoms with van der Waals surface area (Å²) < 4.78 is 1.27. The largest absolute Gasteiger partial charge is 0.478 e. The first-order chi connectivity index (χ1) is 7.18. The zero-order chi connectivity index (χ0) is 10.8. The van der Waals surface area contributed by atoms with Gasteiger partial charge in [0.1, 0.15) is 0 Å². The number of aromatic nitrogens is 1. The van der Waals surface area contributed by atoms with Crippen LogP contribution in [-0.4, -0.2) is 21.6 Å². The quantitative estimate of drug-likeness (QED) is 0.843. The van der Waals surface area contributed by atoms with Crippen LogP contribution in [0, 0.1) is 0 Å². The molecule has 0 aromatic carbocycles. The van der Waals surface area contributed by atoms with E-state index in [1.807, 2.05) is 0 Å². The summed E-state index contributed by atoms with van der Waals surface area (Å²) in [6, 6.07) is 4.88. The molecule has 0 saturated heterocycles. The highest BCUT2D eigenvalue weighted by molar-refractivity contribution is 7.12. The Morgan fingerprint density at radius 1 is 1.33 bits per heavy atom. The van der Waals surface area contributed by atoms with Crippen molar-refractivity contribution < 1.29 is 14.7 Å². The highest BCUT2D eigenvalue weighted by Gasteiger charge is 2.11. The standard InChI is InChI=1S/C10H7NO3S/c12-9(8-2-1-5-15-8)11-4-3-7(6-11)10(13)14/h1-6H,(H,13,14). The number of carboxylic acids is 1. The zero-order valence-corrected chi connectivity index (χ0v) is 8.40. The van der Waals surface area contributed by atoms with Crippen LogP contribution in [0.1, 0.15) is 20.0 Å². The van der Waals surface area contributed by atoms with Crippen LogP contribution >= 0.6 is 11.3 Å². The zero-order valence-electron chi connectivity index (χ0n) is 7.58. The fourth-order valence-electron chi connectivity index (χ4n) is 1.18. The Morgan fingerprint density at radius 3 is 2.67 bits per heavy atom. The van der Waals surface area contributed by atoms with Gasteiger partial charge in [0.15, 0.2) is 0 Å². The van der Waals surface area contributed by atoms with E-state index in [9.17, 15) is 9.59 Å². The molecule has 15 heavy (non-hydrogen) atoms. The van der Waals surface area contributed by atoms with Crippen LogP contribution in [0.2, 0.25) is 0 Å². The monoisotopic (exact) mass is 221 g/mol. The molecular formula is C10H7NO3S. The number of hydrogen-bond donors (Lipinski definition) is 1. The van der Waals surface area contributed by atoms with Gasteiger partial charge >= 0.3 is 5.97 Å². The van der Waals surface area contributed by atoms with Gasteiger partial charge in [-0.2, -0.15) is 0 Å². The van der Waals surface area contributed by atoms with Gasteiger partial charge in [-0.1, -0.05) is 6.07 Å². The molecule has 0 bridgehead atoms. The number of carbonyl (C=O) groups excluding carboxylic acids is 1. The molecule has 2 aromatic heterocycles. The molecule has 2 heterocycles. The topological polar surface area (TPSA) is 59.3 Å². The van der Waals surface area contributed by atoms with Crippen LogP contribution in [0.15, 0.2) is 36.0 Å². The number of rotatable bonds is 2. The van der Waals surface area contributed by atoms with Gasteiger partial charge in [-0.25, -0.2) is 4.79 Å². The molecular weight excluding hydrogens is 214 g/mol. The average Bonchev–Trinajstić information content (AvgIpc) is 2.88. The Kier molecular flexibility index (Phi) is 2.39. The fourth-order valence-corrected chi connectivity index (χ4v) is 1.84. The number of carboxylic acid groups (broad SMARTS) is 1. The van der Waals surface area contributed by atoms with Crippen LogP contribution in [-0.2, 0) is 0 Å². The van der Waals surface area contributed by atoms with Crippen molar-refractivity contribution in [2.24, 2.45) is 0 Å². The van der Waals surface area contributed by atoms with Crippen molar-refractivity contribution in [3.63, 3.8) is 0 Å². The van der Waals surface area contributed by atoms with Gasteiger partial charge < -0.3 is 5.11 Å². The third kappa shape index (κ3) is 1.82. The number of carbonyl (C=O) groups is 2. The molecule has 0 fully saturated rings. The summed E-state index contributed by atoms with van der Waals surface area (Å²) in [6.45, 7) is 0. The molecule has 1 N–H and O–H groups in total. The van der Waals surface area contributed by atoms with Gasteiger partial charge in [0.05, 0.1) is 10.4 Å². The van der Waals surface area contributed by atoms with Crippen molar-refractivity contribution in [2.45, 2.75) is 0 Å². The summed E-state index contributed by atoms with van der Waals surface area (Å²) >= 11 is 1.33. The highest BCUT2D eigenvalue weighted by Crippen LogP contribution is 2.12. The molecule has 0 spiro atoms. The predicted octanol–water partition coefficient (Wildman–Crippen LogP) is 1.94. The SMILES string of the molecule is O=C(O)c1ccn(C(=O)c2cccs2)c1. The Hall–Kier alpha value is -1.88. The fraction of sp³-hybridized carbons (Fsp3) is 0. The lowest BCUT2D eigenvalue weighted by atomic mass is 10.3. The second kappa shape index (κ2) is 3.70. The van der Waals surface area contributed by atoms with E-state index in [1.165, 1.54) is 34.4 Å². The lowest BCUT2D eigenvalue weighted by Gasteiger charge is -1.96.